The first-order chi connectivity index (χ1) is 19.0. The molecule has 2 aromatic carbocycles. The Labute approximate surface area is 239 Å². The van der Waals surface area contributed by atoms with Gasteiger partial charge < -0.3 is 31.9 Å². The van der Waals surface area contributed by atoms with Crippen molar-refractivity contribution in [2.45, 2.75) is 63.7 Å². The molecule has 5 atom stereocenters. The number of rotatable bonds is 16. The summed E-state index contributed by atoms with van der Waals surface area (Å²) in [6, 6.07) is 11.2. The second-order valence-electron chi connectivity index (χ2n) is 9.78. The molecule has 2 rings (SSSR count). The minimum absolute atomic E-state index is 0.0917. The van der Waals surface area contributed by atoms with Gasteiger partial charge in [-0.25, -0.2) is 4.79 Å². The number of hydrogen-bond acceptors (Lipinski definition) is 7. The van der Waals surface area contributed by atoms with Crippen LogP contribution in [0.15, 0.2) is 54.6 Å². The van der Waals surface area contributed by atoms with E-state index in [1.54, 1.807) is 43.3 Å². The van der Waals surface area contributed by atoms with Gasteiger partial charge in [0.1, 0.15) is 23.9 Å². The summed E-state index contributed by atoms with van der Waals surface area (Å²) in [6.07, 6.45) is 3.04. The van der Waals surface area contributed by atoms with E-state index in [2.05, 4.69) is 16.0 Å². The average molecular weight is 573 g/mol. The molecule has 0 radical (unpaired) electrons. The maximum Gasteiger partial charge on any atom is 0.326 e. The van der Waals surface area contributed by atoms with E-state index in [-0.39, 0.29) is 24.5 Å². The molecule has 0 saturated carbocycles. The normalized spacial score (nSPS) is 14.7. The smallest absolute Gasteiger partial charge is 0.326 e. The van der Waals surface area contributed by atoms with Gasteiger partial charge in [0, 0.05) is 6.42 Å². The van der Waals surface area contributed by atoms with Crippen molar-refractivity contribution in [2.75, 3.05) is 12.0 Å². The van der Waals surface area contributed by atoms with Crippen molar-refractivity contribution in [2.24, 2.45) is 11.7 Å². The van der Waals surface area contributed by atoms with E-state index in [1.807, 2.05) is 19.2 Å². The molecule has 2 aromatic rings. The lowest BCUT2D eigenvalue weighted by atomic mass is 9.96. The lowest BCUT2D eigenvalue weighted by Gasteiger charge is -2.28. The quantitative estimate of drug-likeness (QED) is 0.177. The number of phenolic OH excluding ortho intramolecular Hbond substituents is 1. The molecule has 0 bridgehead atoms. The molecule has 0 aromatic heterocycles. The summed E-state index contributed by atoms with van der Waals surface area (Å²) >= 11 is 1.50. The van der Waals surface area contributed by atoms with Crippen LogP contribution in [-0.4, -0.2) is 70.1 Å². The fraction of sp³-hybridized carbons (Fsp3) is 0.448. The predicted octanol–water partition coefficient (Wildman–Crippen LogP) is 1.84. The third kappa shape index (κ3) is 10.5. The van der Waals surface area contributed by atoms with Gasteiger partial charge in [-0.05, 0) is 54.0 Å². The topological polar surface area (TPSA) is 171 Å². The number of carboxylic acids is 1. The van der Waals surface area contributed by atoms with Gasteiger partial charge in [-0.1, -0.05) is 62.7 Å². The van der Waals surface area contributed by atoms with E-state index in [4.69, 9.17) is 5.73 Å². The summed E-state index contributed by atoms with van der Waals surface area (Å²) in [4.78, 5) is 51.4. The van der Waals surface area contributed by atoms with E-state index >= 15 is 0 Å². The molecule has 11 heteroatoms. The maximum absolute atomic E-state index is 13.3. The Kier molecular flexibility index (Phi) is 13.5. The van der Waals surface area contributed by atoms with Crippen molar-refractivity contribution >= 4 is 35.5 Å². The van der Waals surface area contributed by atoms with Gasteiger partial charge in [-0.2, -0.15) is 11.8 Å². The zero-order chi connectivity index (χ0) is 29.7. The maximum atomic E-state index is 13.3. The van der Waals surface area contributed by atoms with E-state index in [0.717, 1.165) is 11.1 Å². The zero-order valence-corrected chi connectivity index (χ0v) is 23.9. The molecular weight excluding hydrogens is 532 g/mol. The summed E-state index contributed by atoms with van der Waals surface area (Å²) in [6.45, 7) is 3.66. The first-order valence-corrected chi connectivity index (χ1v) is 14.6. The second-order valence-corrected chi connectivity index (χ2v) is 10.8. The van der Waals surface area contributed by atoms with Crippen LogP contribution in [0.5, 0.6) is 5.75 Å². The molecule has 0 aliphatic rings. The highest BCUT2D eigenvalue weighted by Gasteiger charge is 2.32. The van der Waals surface area contributed by atoms with Crippen LogP contribution < -0.4 is 21.7 Å². The largest absolute Gasteiger partial charge is 0.508 e. The van der Waals surface area contributed by atoms with Gasteiger partial charge in [0.2, 0.25) is 17.7 Å². The highest BCUT2D eigenvalue weighted by molar-refractivity contribution is 7.98. The first kappa shape index (κ1) is 32.6. The van der Waals surface area contributed by atoms with Crippen molar-refractivity contribution in [3.63, 3.8) is 0 Å². The Hall–Kier alpha value is -3.57. The Bertz CT molecular complexity index is 1120. The van der Waals surface area contributed by atoms with Crippen LogP contribution in [0.3, 0.4) is 0 Å². The SMILES string of the molecule is CCC(C)C(NC(=O)C(CCSC)NC(=O)C(N)Cc1ccc(O)cc1)C(=O)NC(Cc1ccccc1)C(=O)O. The molecular formula is C29H40N4O6S. The molecule has 7 N–H and O–H groups in total. The van der Waals surface area contributed by atoms with Crippen molar-refractivity contribution in [1.29, 1.82) is 0 Å². The van der Waals surface area contributed by atoms with Crippen LogP contribution in [0.2, 0.25) is 0 Å². The summed E-state index contributed by atoms with van der Waals surface area (Å²) in [5.74, 6) is -2.48. The molecule has 0 aliphatic heterocycles. The first-order valence-electron chi connectivity index (χ1n) is 13.3. The van der Waals surface area contributed by atoms with E-state index in [9.17, 15) is 29.4 Å². The summed E-state index contributed by atoms with van der Waals surface area (Å²) < 4.78 is 0. The minimum atomic E-state index is -1.18. The number of nitrogens with two attached hydrogens (primary N) is 1. The summed E-state index contributed by atoms with van der Waals surface area (Å²) in [5, 5.41) is 27.2. The number of hydrogen-bond donors (Lipinski definition) is 6. The van der Waals surface area contributed by atoms with E-state index in [0.29, 0.717) is 18.6 Å². The highest BCUT2D eigenvalue weighted by atomic mass is 32.2. The van der Waals surface area contributed by atoms with Crippen LogP contribution in [-0.2, 0) is 32.0 Å². The van der Waals surface area contributed by atoms with Crippen molar-refractivity contribution in [3.05, 3.63) is 65.7 Å². The molecule has 0 heterocycles. The van der Waals surface area contributed by atoms with Gasteiger partial charge >= 0.3 is 5.97 Å². The Morgan fingerprint density at radius 2 is 1.45 bits per heavy atom. The lowest BCUT2D eigenvalue weighted by Crippen LogP contribution is -2.59. The van der Waals surface area contributed by atoms with Crippen LogP contribution in [0.4, 0.5) is 0 Å². The van der Waals surface area contributed by atoms with Crippen LogP contribution >= 0.6 is 11.8 Å². The molecule has 0 aliphatic carbocycles. The summed E-state index contributed by atoms with van der Waals surface area (Å²) in [5.41, 5.74) is 7.60. The molecule has 0 spiro atoms. The second kappa shape index (κ2) is 16.5. The number of carboxylic acid groups (broad SMARTS) is 1. The van der Waals surface area contributed by atoms with Gasteiger partial charge in [0.05, 0.1) is 6.04 Å². The number of aliphatic carboxylic acids is 1. The zero-order valence-electron chi connectivity index (χ0n) is 23.1. The van der Waals surface area contributed by atoms with Gasteiger partial charge in [0.15, 0.2) is 0 Å². The van der Waals surface area contributed by atoms with Crippen LogP contribution in [0, 0.1) is 5.92 Å². The lowest BCUT2D eigenvalue weighted by molar-refractivity contribution is -0.142. The predicted molar refractivity (Wildman–Crippen MR) is 156 cm³/mol. The number of phenols is 1. The fourth-order valence-corrected chi connectivity index (χ4v) is 4.50. The Morgan fingerprint density at radius 1 is 0.850 bits per heavy atom. The summed E-state index contributed by atoms with van der Waals surface area (Å²) in [7, 11) is 0. The average Bonchev–Trinajstić information content (AvgIpc) is 2.94. The van der Waals surface area contributed by atoms with Gasteiger partial charge in [0.25, 0.3) is 0 Å². The van der Waals surface area contributed by atoms with E-state index < -0.39 is 47.9 Å². The fourth-order valence-electron chi connectivity index (χ4n) is 4.03. The van der Waals surface area contributed by atoms with Crippen molar-refractivity contribution in [1.82, 2.24) is 16.0 Å². The molecule has 5 unspecified atom stereocenters. The van der Waals surface area contributed by atoms with Crippen molar-refractivity contribution in [3.8, 4) is 5.75 Å². The van der Waals surface area contributed by atoms with Crippen molar-refractivity contribution < 1.29 is 29.4 Å². The van der Waals surface area contributed by atoms with Crippen LogP contribution in [0.1, 0.15) is 37.8 Å². The molecule has 0 saturated heterocycles. The number of aromatic hydroxyl groups is 1. The number of nitrogens with one attached hydrogen (secondary N) is 3. The molecule has 40 heavy (non-hydrogen) atoms. The molecule has 10 nitrogen and oxygen atoms in total. The standard InChI is InChI=1S/C29H40N4O6S/c1-4-18(2)25(28(37)32-24(29(38)39)17-19-8-6-5-7-9-19)33-27(36)23(14-15-40-3)31-26(35)22(30)16-20-10-12-21(34)13-11-20/h5-13,18,22-25,34H,4,14-17,30H2,1-3H3,(H,31,35)(H,32,37)(H,33,36)(H,38,39). The number of carbonyl (C=O) groups excluding carboxylic acids is 3. The third-order valence-corrected chi connectivity index (χ3v) is 7.31. The molecule has 3 amide bonds. The van der Waals surface area contributed by atoms with Crippen LogP contribution in [0.25, 0.3) is 0 Å². The number of benzene rings is 2. The molecule has 0 fully saturated rings. The monoisotopic (exact) mass is 572 g/mol. The minimum Gasteiger partial charge on any atom is -0.508 e. The molecule has 218 valence electrons. The third-order valence-electron chi connectivity index (χ3n) is 6.66. The number of carbonyl (C=O) groups is 4. The highest BCUT2D eigenvalue weighted by Crippen LogP contribution is 2.13. The number of thioether (sulfide) groups is 1. The Balaban J connectivity index is 2.12. The number of amides is 3. The van der Waals surface area contributed by atoms with Gasteiger partial charge in [-0.3, -0.25) is 14.4 Å². The van der Waals surface area contributed by atoms with Gasteiger partial charge in [-0.15, -0.1) is 0 Å². The van der Waals surface area contributed by atoms with E-state index in [1.165, 1.54) is 23.9 Å². The Morgan fingerprint density at radius 3 is 2.02 bits per heavy atom.